The van der Waals surface area contributed by atoms with Crippen LogP contribution in [0.1, 0.15) is 16.1 Å². The van der Waals surface area contributed by atoms with Crippen LogP contribution in [0, 0.1) is 0 Å². The average Bonchev–Trinajstić information content (AvgIpc) is 2.92. The number of benzene rings is 2. The third-order valence-electron chi connectivity index (χ3n) is 3.61. The Bertz CT molecular complexity index is 966. The first kappa shape index (κ1) is 17.5. The summed E-state index contributed by atoms with van der Waals surface area (Å²) in [5, 5.41) is 4.38. The minimum atomic E-state index is -0.363. The smallest absolute Gasteiger partial charge is 0.250 e. The number of aromatic nitrogens is 1. The Kier molecular flexibility index (Phi) is 5.08. The molecule has 0 saturated carbocycles. The van der Waals surface area contributed by atoms with Gasteiger partial charge in [-0.25, -0.2) is 0 Å². The van der Waals surface area contributed by atoms with Gasteiger partial charge in [0.05, 0.1) is 5.69 Å². The van der Waals surface area contributed by atoms with Crippen LogP contribution < -0.4 is 5.32 Å². The third kappa shape index (κ3) is 3.69. The minimum absolute atomic E-state index is 0.120. The second-order valence-electron chi connectivity index (χ2n) is 5.39. The Morgan fingerprint density at radius 1 is 1.12 bits per heavy atom. The zero-order valence-corrected chi connectivity index (χ0v) is 14.7. The molecule has 5 nitrogen and oxygen atoms in total. The molecule has 0 bridgehead atoms. The van der Waals surface area contributed by atoms with Gasteiger partial charge in [0.25, 0.3) is 0 Å². The summed E-state index contributed by atoms with van der Waals surface area (Å²) in [4.78, 5) is 27.9. The van der Waals surface area contributed by atoms with Crippen molar-refractivity contribution >= 4 is 51.5 Å². The van der Waals surface area contributed by atoms with Crippen LogP contribution in [-0.2, 0) is 9.53 Å². The van der Waals surface area contributed by atoms with Gasteiger partial charge < -0.3 is 15.0 Å². The summed E-state index contributed by atoms with van der Waals surface area (Å²) in [7, 11) is 1.42. The number of carbonyl (C=O) groups is 2. The zero-order chi connectivity index (χ0) is 18.0. The van der Waals surface area contributed by atoms with Crippen LogP contribution in [0.3, 0.4) is 0 Å². The van der Waals surface area contributed by atoms with E-state index in [1.807, 2.05) is 0 Å². The Morgan fingerprint density at radius 2 is 1.88 bits per heavy atom. The molecule has 2 aromatic carbocycles. The maximum absolute atomic E-state index is 12.9. The van der Waals surface area contributed by atoms with Crippen LogP contribution in [0.5, 0.6) is 0 Å². The molecule has 0 saturated heterocycles. The molecule has 2 N–H and O–H groups in total. The van der Waals surface area contributed by atoms with Crippen molar-refractivity contribution in [2.24, 2.45) is 0 Å². The second-order valence-corrected chi connectivity index (χ2v) is 6.26. The largest absolute Gasteiger partial charge is 0.375 e. The average molecular weight is 377 g/mol. The molecule has 0 aliphatic carbocycles. The van der Waals surface area contributed by atoms with Gasteiger partial charge >= 0.3 is 0 Å². The molecule has 0 unspecified atom stereocenters. The molecule has 0 radical (unpaired) electrons. The number of amides is 1. The summed E-state index contributed by atoms with van der Waals surface area (Å²) in [5.41, 5.74) is 1.70. The van der Waals surface area contributed by atoms with Crippen LogP contribution in [0.2, 0.25) is 10.0 Å². The summed E-state index contributed by atoms with van der Waals surface area (Å²) in [6.07, 6.45) is 0. The summed E-state index contributed by atoms with van der Waals surface area (Å²) in [6, 6.07) is 11.7. The molecule has 0 spiro atoms. The molecule has 1 aromatic heterocycles. The van der Waals surface area contributed by atoms with E-state index in [0.717, 1.165) is 0 Å². The van der Waals surface area contributed by atoms with E-state index < -0.39 is 0 Å². The fraction of sp³-hybridized carbons (Fsp3) is 0.111. The monoisotopic (exact) mass is 376 g/mol. The SMILES string of the molecule is COCC(=O)Nc1c(C(=O)c2cccc(Cl)c2)[nH]c2cc(Cl)ccc12. The minimum Gasteiger partial charge on any atom is -0.375 e. The molecule has 0 aliphatic rings. The first-order valence-corrected chi connectivity index (χ1v) is 8.15. The van der Waals surface area contributed by atoms with Crippen LogP contribution in [0.15, 0.2) is 42.5 Å². The van der Waals surface area contributed by atoms with Crippen molar-refractivity contribution in [1.82, 2.24) is 4.98 Å². The molecule has 1 amide bonds. The third-order valence-corrected chi connectivity index (χ3v) is 4.08. The number of aromatic amines is 1. The van der Waals surface area contributed by atoms with Crippen molar-refractivity contribution in [1.29, 1.82) is 0 Å². The van der Waals surface area contributed by atoms with Gasteiger partial charge in [0, 0.05) is 33.6 Å². The lowest BCUT2D eigenvalue weighted by Crippen LogP contribution is -2.19. The van der Waals surface area contributed by atoms with Gasteiger partial charge in [-0.15, -0.1) is 0 Å². The molecule has 25 heavy (non-hydrogen) atoms. The highest BCUT2D eigenvalue weighted by Gasteiger charge is 2.21. The number of rotatable bonds is 5. The molecule has 3 rings (SSSR count). The number of fused-ring (bicyclic) bond motifs is 1. The molecule has 0 fully saturated rings. The molecule has 1 heterocycles. The quantitative estimate of drug-likeness (QED) is 0.652. The predicted octanol–water partition coefficient (Wildman–Crippen LogP) is 4.29. The number of hydrogen-bond acceptors (Lipinski definition) is 3. The summed E-state index contributed by atoms with van der Waals surface area (Å²) < 4.78 is 4.84. The van der Waals surface area contributed by atoms with E-state index in [-0.39, 0.29) is 24.0 Å². The molecule has 3 aromatic rings. The van der Waals surface area contributed by atoms with E-state index in [1.165, 1.54) is 7.11 Å². The molecule has 128 valence electrons. The number of ether oxygens (including phenoxy) is 1. The first-order valence-electron chi connectivity index (χ1n) is 7.40. The van der Waals surface area contributed by atoms with Crippen LogP contribution in [-0.4, -0.2) is 30.4 Å². The lowest BCUT2D eigenvalue weighted by molar-refractivity contribution is -0.119. The highest BCUT2D eigenvalue weighted by atomic mass is 35.5. The Morgan fingerprint density at radius 3 is 2.60 bits per heavy atom. The molecule has 7 heteroatoms. The standard InChI is InChI=1S/C18H14Cl2N2O3/c1-25-9-15(23)22-16-13-6-5-12(20)8-14(13)21-17(16)18(24)10-3-2-4-11(19)7-10/h2-8,21H,9H2,1H3,(H,22,23). The van der Waals surface area contributed by atoms with Crippen molar-refractivity contribution < 1.29 is 14.3 Å². The van der Waals surface area contributed by atoms with Gasteiger partial charge in [-0.2, -0.15) is 0 Å². The number of halogens is 2. The van der Waals surface area contributed by atoms with Crippen LogP contribution >= 0.6 is 23.2 Å². The maximum atomic E-state index is 12.9. The van der Waals surface area contributed by atoms with Gasteiger partial charge in [-0.05, 0) is 30.3 Å². The van der Waals surface area contributed by atoms with Crippen LogP contribution in [0.4, 0.5) is 5.69 Å². The number of hydrogen-bond donors (Lipinski definition) is 2. The van der Waals surface area contributed by atoms with Crippen molar-refractivity contribution in [3.05, 3.63) is 63.8 Å². The highest BCUT2D eigenvalue weighted by molar-refractivity contribution is 6.32. The van der Waals surface area contributed by atoms with E-state index >= 15 is 0 Å². The van der Waals surface area contributed by atoms with Gasteiger partial charge in [0.1, 0.15) is 12.3 Å². The topological polar surface area (TPSA) is 71.2 Å². The van der Waals surface area contributed by atoms with Crippen LogP contribution in [0.25, 0.3) is 10.9 Å². The second kappa shape index (κ2) is 7.27. The van der Waals surface area contributed by atoms with E-state index in [9.17, 15) is 9.59 Å². The zero-order valence-electron chi connectivity index (χ0n) is 13.2. The highest BCUT2D eigenvalue weighted by Crippen LogP contribution is 2.31. The molecule has 0 aliphatic heterocycles. The normalized spacial score (nSPS) is 10.8. The fourth-order valence-electron chi connectivity index (χ4n) is 2.55. The van der Waals surface area contributed by atoms with Gasteiger partial charge in [0.15, 0.2) is 0 Å². The van der Waals surface area contributed by atoms with E-state index in [1.54, 1.807) is 42.5 Å². The Labute approximate surface area is 153 Å². The first-order chi connectivity index (χ1) is 12.0. The van der Waals surface area contributed by atoms with Crippen molar-refractivity contribution in [3.8, 4) is 0 Å². The van der Waals surface area contributed by atoms with E-state index in [0.29, 0.717) is 32.2 Å². The van der Waals surface area contributed by atoms with Gasteiger partial charge in [-0.3, -0.25) is 9.59 Å². The molecular formula is C18H14Cl2N2O3. The van der Waals surface area contributed by atoms with E-state index in [4.69, 9.17) is 27.9 Å². The number of anilines is 1. The summed E-state index contributed by atoms with van der Waals surface area (Å²) >= 11 is 12.0. The molecule has 0 atom stereocenters. The van der Waals surface area contributed by atoms with E-state index in [2.05, 4.69) is 10.3 Å². The number of ketones is 1. The van der Waals surface area contributed by atoms with Crippen molar-refractivity contribution in [3.63, 3.8) is 0 Å². The lowest BCUT2D eigenvalue weighted by atomic mass is 10.1. The Balaban J connectivity index is 2.12. The Hall–Kier alpha value is -2.34. The lowest BCUT2D eigenvalue weighted by Gasteiger charge is -2.07. The predicted molar refractivity (Wildman–Crippen MR) is 98.7 cm³/mol. The number of methoxy groups -OCH3 is 1. The van der Waals surface area contributed by atoms with Crippen molar-refractivity contribution in [2.45, 2.75) is 0 Å². The van der Waals surface area contributed by atoms with Gasteiger partial charge in [0.2, 0.25) is 11.7 Å². The van der Waals surface area contributed by atoms with Crippen molar-refractivity contribution in [2.75, 3.05) is 19.0 Å². The van der Waals surface area contributed by atoms with Gasteiger partial charge in [-0.1, -0.05) is 35.3 Å². The number of nitrogens with one attached hydrogen (secondary N) is 2. The molecular weight excluding hydrogens is 363 g/mol. The number of H-pyrrole nitrogens is 1. The maximum Gasteiger partial charge on any atom is 0.250 e. The number of carbonyl (C=O) groups excluding carboxylic acids is 2. The summed E-state index contributed by atoms with van der Waals surface area (Å²) in [5.74, 6) is -0.652. The summed E-state index contributed by atoms with van der Waals surface area (Å²) in [6.45, 7) is -0.120. The fourth-order valence-corrected chi connectivity index (χ4v) is 2.91.